The van der Waals surface area contributed by atoms with Crippen molar-refractivity contribution in [3.63, 3.8) is 0 Å². The van der Waals surface area contributed by atoms with Crippen LogP contribution in [0.1, 0.15) is 18.2 Å². The SMILES string of the molecule is CCOC(=O)Cc1csc(NC(=O)/C=C/c2cnn(-c3ccccc3)c2)n1. The Bertz CT molecular complexity index is 947. The molecule has 0 unspecified atom stereocenters. The highest BCUT2D eigenvalue weighted by atomic mass is 32.1. The highest BCUT2D eigenvalue weighted by Gasteiger charge is 2.09. The number of esters is 1. The molecule has 0 fully saturated rings. The third-order valence-corrected chi connectivity index (χ3v) is 4.27. The summed E-state index contributed by atoms with van der Waals surface area (Å²) < 4.78 is 6.61. The van der Waals surface area contributed by atoms with Crippen molar-refractivity contribution in [1.82, 2.24) is 14.8 Å². The second-order valence-electron chi connectivity index (χ2n) is 5.50. The number of carbonyl (C=O) groups is 2. The number of thiazole rings is 1. The second-order valence-corrected chi connectivity index (χ2v) is 6.36. The van der Waals surface area contributed by atoms with Crippen molar-refractivity contribution in [2.24, 2.45) is 0 Å². The van der Waals surface area contributed by atoms with Gasteiger partial charge in [-0.1, -0.05) is 18.2 Å². The number of anilines is 1. The summed E-state index contributed by atoms with van der Waals surface area (Å²) in [6.07, 6.45) is 6.69. The molecule has 0 aliphatic heterocycles. The number of para-hydroxylation sites is 1. The average molecular weight is 382 g/mol. The number of ether oxygens (including phenoxy) is 1. The summed E-state index contributed by atoms with van der Waals surface area (Å²) in [5.41, 5.74) is 2.32. The van der Waals surface area contributed by atoms with Gasteiger partial charge in [0.1, 0.15) is 0 Å². The van der Waals surface area contributed by atoms with Crippen LogP contribution in [-0.2, 0) is 20.7 Å². The zero-order chi connectivity index (χ0) is 19.1. The van der Waals surface area contributed by atoms with Crippen LogP contribution in [0.3, 0.4) is 0 Å². The highest BCUT2D eigenvalue weighted by Crippen LogP contribution is 2.16. The van der Waals surface area contributed by atoms with Crippen molar-refractivity contribution in [3.8, 4) is 5.69 Å². The van der Waals surface area contributed by atoms with Gasteiger partial charge in [0.05, 0.1) is 30.6 Å². The molecule has 1 aromatic carbocycles. The molecule has 2 aromatic heterocycles. The number of hydrogen-bond acceptors (Lipinski definition) is 6. The van der Waals surface area contributed by atoms with Crippen LogP contribution >= 0.6 is 11.3 Å². The Labute approximate surface area is 160 Å². The molecule has 2 heterocycles. The largest absolute Gasteiger partial charge is 0.466 e. The summed E-state index contributed by atoms with van der Waals surface area (Å²) >= 11 is 1.26. The van der Waals surface area contributed by atoms with Crippen LogP contribution in [0.15, 0.2) is 54.2 Å². The van der Waals surface area contributed by atoms with E-state index in [9.17, 15) is 9.59 Å². The molecule has 0 radical (unpaired) electrons. The van der Waals surface area contributed by atoms with E-state index in [1.165, 1.54) is 17.4 Å². The minimum atomic E-state index is -0.337. The molecule has 0 bridgehead atoms. The lowest BCUT2D eigenvalue weighted by Crippen LogP contribution is -2.09. The zero-order valence-electron chi connectivity index (χ0n) is 14.7. The van der Waals surface area contributed by atoms with E-state index in [4.69, 9.17) is 4.74 Å². The molecule has 0 saturated heterocycles. The van der Waals surface area contributed by atoms with Crippen molar-refractivity contribution in [2.45, 2.75) is 13.3 Å². The van der Waals surface area contributed by atoms with Gasteiger partial charge in [-0.2, -0.15) is 5.10 Å². The molecular weight excluding hydrogens is 364 g/mol. The first kappa shape index (κ1) is 18.5. The van der Waals surface area contributed by atoms with E-state index in [2.05, 4.69) is 15.4 Å². The van der Waals surface area contributed by atoms with Crippen molar-refractivity contribution >= 4 is 34.4 Å². The predicted molar refractivity (Wildman–Crippen MR) is 104 cm³/mol. The quantitative estimate of drug-likeness (QED) is 0.501. The molecule has 3 rings (SSSR count). The number of amides is 1. The predicted octanol–water partition coefficient (Wildman–Crippen LogP) is 3.09. The number of benzene rings is 1. The van der Waals surface area contributed by atoms with Gasteiger partial charge in [0.15, 0.2) is 5.13 Å². The molecule has 3 aromatic rings. The maximum absolute atomic E-state index is 12.0. The third kappa shape index (κ3) is 5.35. The van der Waals surface area contributed by atoms with Crippen molar-refractivity contribution < 1.29 is 14.3 Å². The van der Waals surface area contributed by atoms with Gasteiger partial charge < -0.3 is 4.74 Å². The Morgan fingerprint density at radius 1 is 1.30 bits per heavy atom. The summed E-state index contributed by atoms with van der Waals surface area (Å²) in [4.78, 5) is 27.7. The molecule has 1 amide bonds. The molecular formula is C19H18N4O3S. The first-order valence-electron chi connectivity index (χ1n) is 8.33. The molecule has 0 aliphatic carbocycles. The fraction of sp³-hybridized carbons (Fsp3) is 0.158. The minimum absolute atomic E-state index is 0.0920. The number of rotatable bonds is 7. The van der Waals surface area contributed by atoms with E-state index in [1.54, 1.807) is 29.3 Å². The van der Waals surface area contributed by atoms with E-state index < -0.39 is 0 Å². The Hall–Kier alpha value is -3.26. The van der Waals surface area contributed by atoms with Crippen LogP contribution in [0.4, 0.5) is 5.13 Å². The standard InChI is InChI=1S/C19H18N4O3S/c1-2-26-18(25)10-15-13-27-19(21-15)22-17(24)9-8-14-11-20-23(12-14)16-6-4-3-5-7-16/h3-9,11-13H,2,10H2,1H3,(H,21,22,24)/b9-8+. The lowest BCUT2D eigenvalue weighted by molar-refractivity contribution is -0.142. The third-order valence-electron chi connectivity index (χ3n) is 3.46. The van der Waals surface area contributed by atoms with Gasteiger partial charge in [0.25, 0.3) is 0 Å². The van der Waals surface area contributed by atoms with Crippen molar-refractivity contribution in [2.75, 3.05) is 11.9 Å². The van der Waals surface area contributed by atoms with Crippen LogP contribution in [-0.4, -0.2) is 33.2 Å². The number of hydrogen-bond donors (Lipinski definition) is 1. The van der Waals surface area contributed by atoms with Gasteiger partial charge in [-0.25, -0.2) is 9.67 Å². The highest BCUT2D eigenvalue weighted by molar-refractivity contribution is 7.14. The van der Waals surface area contributed by atoms with E-state index >= 15 is 0 Å². The summed E-state index contributed by atoms with van der Waals surface area (Å²) in [5.74, 6) is -0.643. The molecule has 7 nitrogen and oxygen atoms in total. The number of carbonyl (C=O) groups excluding carboxylic acids is 2. The molecule has 0 saturated carbocycles. The molecule has 27 heavy (non-hydrogen) atoms. The molecule has 0 atom stereocenters. The smallest absolute Gasteiger partial charge is 0.311 e. The van der Waals surface area contributed by atoms with Crippen LogP contribution in [0, 0.1) is 0 Å². The fourth-order valence-corrected chi connectivity index (χ4v) is 2.98. The Morgan fingerprint density at radius 3 is 2.89 bits per heavy atom. The molecule has 0 spiro atoms. The number of nitrogens with zero attached hydrogens (tertiary/aromatic N) is 3. The van der Waals surface area contributed by atoms with Crippen LogP contribution in [0.25, 0.3) is 11.8 Å². The second kappa shape index (κ2) is 8.91. The Morgan fingerprint density at radius 2 is 2.11 bits per heavy atom. The van der Waals surface area contributed by atoms with Gasteiger partial charge >= 0.3 is 5.97 Å². The fourth-order valence-electron chi connectivity index (χ4n) is 2.27. The molecule has 0 aliphatic rings. The Balaban J connectivity index is 1.56. The van der Waals surface area contributed by atoms with Gasteiger partial charge in [-0.3, -0.25) is 14.9 Å². The summed E-state index contributed by atoms with van der Waals surface area (Å²) in [5, 5.41) is 9.11. The topological polar surface area (TPSA) is 86.1 Å². The lowest BCUT2D eigenvalue weighted by atomic mass is 10.3. The first-order valence-corrected chi connectivity index (χ1v) is 9.21. The van der Waals surface area contributed by atoms with Crippen LogP contribution < -0.4 is 5.32 Å². The van der Waals surface area contributed by atoms with E-state index in [1.807, 2.05) is 36.5 Å². The van der Waals surface area contributed by atoms with Gasteiger partial charge in [0.2, 0.25) is 5.91 Å². The minimum Gasteiger partial charge on any atom is -0.466 e. The summed E-state index contributed by atoms with van der Waals surface area (Å²) in [6, 6.07) is 9.70. The zero-order valence-corrected chi connectivity index (χ0v) is 15.5. The van der Waals surface area contributed by atoms with Gasteiger partial charge in [-0.15, -0.1) is 11.3 Å². The van der Waals surface area contributed by atoms with Crippen LogP contribution in [0.5, 0.6) is 0 Å². The monoisotopic (exact) mass is 382 g/mol. The van der Waals surface area contributed by atoms with Crippen molar-refractivity contribution in [1.29, 1.82) is 0 Å². The maximum Gasteiger partial charge on any atom is 0.311 e. The number of nitrogens with one attached hydrogen (secondary N) is 1. The first-order chi connectivity index (χ1) is 13.1. The Kier molecular flexibility index (Phi) is 6.11. The average Bonchev–Trinajstić information content (AvgIpc) is 3.30. The lowest BCUT2D eigenvalue weighted by Gasteiger charge is -1.98. The molecule has 1 N–H and O–H groups in total. The summed E-state index contributed by atoms with van der Waals surface area (Å²) in [6.45, 7) is 2.08. The molecule has 138 valence electrons. The normalized spacial score (nSPS) is 10.9. The number of aromatic nitrogens is 3. The summed E-state index contributed by atoms with van der Waals surface area (Å²) in [7, 11) is 0. The maximum atomic E-state index is 12.0. The van der Waals surface area contributed by atoms with Gasteiger partial charge in [-0.05, 0) is 25.1 Å². The van der Waals surface area contributed by atoms with Crippen molar-refractivity contribution in [3.05, 3.63) is 65.4 Å². The van der Waals surface area contributed by atoms with Crippen LogP contribution in [0.2, 0.25) is 0 Å². The van der Waals surface area contributed by atoms with E-state index in [0.29, 0.717) is 17.4 Å². The van der Waals surface area contributed by atoms with E-state index in [0.717, 1.165) is 11.3 Å². The van der Waals surface area contributed by atoms with Gasteiger partial charge in [0, 0.05) is 23.2 Å². The van der Waals surface area contributed by atoms with E-state index in [-0.39, 0.29) is 18.3 Å². The molecule has 8 heteroatoms.